The van der Waals surface area contributed by atoms with Crippen molar-refractivity contribution >= 4 is 38.1 Å². The van der Waals surface area contributed by atoms with Crippen molar-refractivity contribution in [1.29, 1.82) is 0 Å². The molecule has 0 unspecified atom stereocenters. The van der Waals surface area contributed by atoms with Gasteiger partial charge in [-0.05, 0) is 48.9 Å². The van der Waals surface area contributed by atoms with E-state index in [2.05, 4.69) is 0 Å². The SMILES string of the molecule is COc1cc(C)ccc1N1c2ccccc2S(=O)(=O)c2c1oc1ccccc21. The maximum Gasteiger partial charge on any atom is 0.225 e. The Labute approximate surface area is 162 Å². The smallest absolute Gasteiger partial charge is 0.225 e. The fourth-order valence-corrected chi connectivity index (χ4v) is 5.45. The van der Waals surface area contributed by atoms with Crippen molar-refractivity contribution in [2.75, 3.05) is 12.0 Å². The molecule has 5 rings (SSSR count). The van der Waals surface area contributed by atoms with E-state index in [1.165, 1.54) is 0 Å². The molecule has 1 aliphatic rings. The summed E-state index contributed by atoms with van der Waals surface area (Å²) in [6, 6.07) is 19.9. The summed E-state index contributed by atoms with van der Waals surface area (Å²) in [7, 11) is -2.13. The predicted octanol–water partition coefficient (Wildman–Crippen LogP) is 5.37. The van der Waals surface area contributed by atoms with E-state index in [0.717, 1.165) is 11.3 Å². The zero-order chi connectivity index (χ0) is 19.5. The van der Waals surface area contributed by atoms with Gasteiger partial charge >= 0.3 is 0 Å². The maximum absolute atomic E-state index is 13.4. The molecule has 0 aliphatic carbocycles. The molecule has 0 atom stereocenters. The average molecular weight is 391 g/mol. The highest BCUT2D eigenvalue weighted by molar-refractivity contribution is 7.92. The van der Waals surface area contributed by atoms with Gasteiger partial charge in [0.15, 0.2) is 0 Å². The highest BCUT2D eigenvalue weighted by Gasteiger charge is 2.40. The van der Waals surface area contributed by atoms with Gasteiger partial charge in [-0.25, -0.2) is 8.42 Å². The number of aryl methyl sites for hydroxylation is 1. The van der Waals surface area contributed by atoms with Gasteiger partial charge in [-0.3, -0.25) is 4.90 Å². The summed E-state index contributed by atoms with van der Waals surface area (Å²) in [5.41, 5.74) is 2.83. The molecule has 0 fully saturated rings. The van der Waals surface area contributed by atoms with Crippen molar-refractivity contribution in [3.63, 3.8) is 0 Å². The van der Waals surface area contributed by atoms with Crippen LogP contribution in [-0.4, -0.2) is 15.5 Å². The third-order valence-electron chi connectivity index (χ3n) is 4.98. The Hall–Kier alpha value is -3.25. The first kappa shape index (κ1) is 16.9. The molecular formula is C22H17NO4S. The van der Waals surface area contributed by atoms with Crippen molar-refractivity contribution in [3.8, 4) is 5.75 Å². The molecule has 2 heterocycles. The van der Waals surface area contributed by atoms with Gasteiger partial charge in [-0.15, -0.1) is 0 Å². The lowest BCUT2D eigenvalue weighted by Crippen LogP contribution is -2.21. The first-order valence-corrected chi connectivity index (χ1v) is 10.3. The Bertz CT molecular complexity index is 1340. The fourth-order valence-electron chi connectivity index (χ4n) is 3.71. The Kier molecular flexibility index (Phi) is 3.54. The van der Waals surface area contributed by atoms with Crippen LogP contribution in [0.15, 0.2) is 80.9 Å². The van der Waals surface area contributed by atoms with Gasteiger partial charge < -0.3 is 9.15 Å². The highest BCUT2D eigenvalue weighted by atomic mass is 32.2. The average Bonchev–Trinajstić information content (AvgIpc) is 3.09. The second kappa shape index (κ2) is 5.87. The number of sulfone groups is 1. The van der Waals surface area contributed by atoms with Crippen LogP contribution in [0.1, 0.15) is 5.56 Å². The number of anilines is 3. The van der Waals surface area contributed by atoms with Crippen molar-refractivity contribution in [1.82, 2.24) is 0 Å². The van der Waals surface area contributed by atoms with Gasteiger partial charge in [-0.1, -0.05) is 30.3 Å². The molecule has 0 spiro atoms. The van der Waals surface area contributed by atoms with E-state index in [0.29, 0.717) is 22.4 Å². The summed E-state index contributed by atoms with van der Waals surface area (Å²) in [5, 5.41) is 0.572. The van der Waals surface area contributed by atoms with Crippen LogP contribution >= 0.6 is 0 Å². The lowest BCUT2D eigenvalue weighted by Gasteiger charge is -2.30. The number of rotatable bonds is 2. The van der Waals surface area contributed by atoms with Gasteiger partial charge in [0.1, 0.15) is 16.2 Å². The van der Waals surface area contributed by atoms with Crippen LogP contribution in [-0.2, 0) is 9.84 Å². The number of fused-ring (bicyclic) bond motifs is 4. The lowest BCUT2D eigenvalue weighted by atomic mass is 10.1. The molecule has 3 aromatic carbocycles. The Morgan fingerprint density at radius 2 is 1.68 bits per heavy atom. The van der Waals surface area contributed by atoms with Gasteiger partial charge in [0.25, 0.3) is 0 Å². The standard InChI is InChI=1S/C22H17NO4S/c1-14-11-12-16(19(13-14)26-2)23-17-8-4-6-10-20(17)28(24,25)21-15-7-3-5-9-18(15)27-22(21)23/h3-13H,1-2H3. The fraction of sp³-hybridized carbons (Fsp3) is 0.0909. The van der Waals surface area contributed by atoms with Crippen LogP contribution in [0.4, 0.5) is 17.3 Å². The Balaban J connectivity index is 1.93. The zero-order valence-electron chi connectivity index (χ0n) is 15.3. The van der Waals surface area contributed by atoms with Crippen molar-refractivity contribution in [3.05, 3.63) is 72.3 Å². The molecule has 28 heavy (non-hydrogen) atoms. The first-order chi connectivity index (χ1) is 13.5. The Morgan fingerprint density at radius 3 is 2.50 bits per heavy atom. The van der Waals surface area contributed by atoms with E-state index in [4.69, 9.17) is 9.15 Å². The first-order valence-electron chi connectivity index (χ1n) is 8.83. The third kappa shape index (κ3) is 2.21. The molecule has 140 valence electrons. The summed E-state index contributed by atoms with van der Waals surface area (Å²) < 4.78 is 38.5. The molecule has 0 saturated carbocycles. The maximum atomic E-state index is 13.4. The second-order valence-electron chi connectivity index (χ2n) is 6.71. The molecule has 0 bridgehead atoms. The van der Waals surface area contributed by atoms with E-state index in [9.17, 15) is 8.42 Å². The van der Waals surface area contributed by atoms with Crippen molar-refractivity contribution in [2.24, 2.45) is 0 Å². The van der Waals surface area contributed by atoms with Crippen molar-refractivity contribution < 1.29 is 17.6 Å². The van der Waals surface area contributed by atoms with E-state index >= 15 is 0 Å². The summed E-state index contributed by atoms with van der Waals surface area (Å²) in [6.07, 6.45) is 0. The number of methoxy groups -OCH3 is 1. The second-order valence-corrected chi connectivity index (χ2v) is 8.57. The number of nitrogens with zero attached hydrogens (tertiary/aromatic N) is 1. The van der Waals surface area contributed by atoms with Crippen LogP contribution in [0.25, 0.3) is 11.0 Å². The number of hydrogen-bond donors (Lipinski definition) is 0. The van der Waals surface area contributed by atoms with Crippen LogP contribution in [0.5, 0.6) is 5.75 Å². The monoisotopic (exact) mass is 391 g/mol. The lowest BCUT2D eigenvalue weighted by molar-refractivity contribution is 0.415. The molecule has 0 N–H and O–H groups in total. The van der Waals surface area contributed by atoms with Crippen molar-refractivity contribution in [2.45, 2.75) is 16.7 Å². The largest absolute Gasteiger partial charge is 0.495 e. The summed E-state index contributed by atoms with van der Waals surface area (Å²) in [6.45, 7) is 1.98. The Morgan fingerprint density at radius 1 is 0.929 bits per heavy atom. The number of benzene rings is 3. The topological polar surface area (TPSA) is 59.8 Å². The van der Waals surface area contributed by atoms with Gasteiger partial charge in [-0.2, -0.15) is 0 Å². The van der Waals surface area contributed by atoms with E-state index in [1.54, 1.807) is 37.4 Å². The van der Waals surface area contributed by atoms with Crippen LogP contribution in [0, 0.1) is 6.92 Å². The van der Waals surface area contributed by atoms with E-state index in [1.807, 2.05) is 48.2 Å². The number of ether oxygens (including phenoxy) is 1. The molecule has 4 aromatic rings. The van der Waals surface area contributed by atoms with Crippen LogP contribution in [0.3, 0.4) is 0 Å². The molecule has 0 amide bonds. The third-order valence-corrected chi connectivity index (χ3v) is 6.83. The molecule has 1 aliphatic heterocycles. The molecule has 0 saturated heterocycles. The van der Waals surface area contributed by atoms with Gasteiger partial charge in [0.05, 0.1) is 23.4 Å². The minimum Gasteiger partial charge on any atom is -0.495 e. The number of furan rings is 1. The summed E-state index contributed by atoms with van der Waals surface area (Å²) in [4.78, 5) is 2.25. The zero-order valence-corrected chi connectivity index (χ0v) is 16.2. The predicted molar refractivity (Wildman–Crippen MR) is 108 cm³/mol. The molecule has 1 aromatic heterocycles. The van der Waals surface area contributed by atoms with Gasteiger partial charge in [0.2, 0.25) is 15.7 Å². The number of hydrogen-bond acceptors (Lipinski definition) is 5. The van der Waals surface area contributed by atoms with E-state index < -0.39 is 9.84 Å². The normalized spacial score (nSPS) is 14.6. The quantitative estimate of drug-likeness (QED) is 0.405. The molecule has 6 heteroatoms. The highest BCUT2D eigenvalue weighted by Crippen LogP contribution is 2.53. The van der Waals surface area contributed by atoms with Crippen LogP contribution in [0.2, 0.25) is 0 Å². The summed E-state index contributed by atoms with van der Waals surface area (Å²) in [5.74, 6) is 0.919. The van der Waals surface area contributed by atoms with Crippen LogP contribution < -0.4 is 9.64 Å². The molecule has 5 nitrogen and oxygen atoms in total. The molecule has 0 radical (unpaired) electrons. The van der Waals surface area contributed by atoms with Gasteiger partial charge in [0, 0.05) is 5.39 Å². The molecular weight excluding hydrogens is 374 g/mol. The minimum atomic E-state index is -3.73. The summed E-state index contributed by atoms with van der Waals surface area (Å²) >= 11 is 0. The minimum absolute atomic E-state index is 0.185. The number of para-hydroxylation sites is 2. The van der Waals surface area contributed by atoms with E-state index in [-0.39, 0.29) is 15.7 Å².